The molecule has 0 unspecified atom stereocenters. The van der Waals surface area contributed by atoms with Crippen molar-refractivity contribution in [2.45, 2.75) is 38.8 Å². The molecule has 0 spiro atoms. The van der Waals surface area contributed by atoms with Gasteiger partial charge in [-0.1, -0.05) is 48.5 Å². The van der Waals surface area contributed by atoms with Gasteiger partial charge in [-0.3, -0.25) is 9.78 Å². The number of benzene rings is 2. The van der Waals surface area contributed by atoms with Crippen molar-refractivity contribution >= 4 is 22.8 Å². The second kappa shape index (κ2) is 8.99. The fraction of sp³-hybridized carbons (Fsp3) is 0.346. The van der Waals surface area contributed by atoms with Gasteiger partial charge in [-0.2, -0.15) is 0 Å². The van der Waals surface area contributed by atoms with E-state index in [2.05, 4.69) is 10.3 Å². The second-order valence-electron chi connectivity index (χ2n) is 9.24. The van der Waals surface area contributed by atoms with Gasteiger partial charge in [-0.05, 0) is 43.4 Å². The van der Waals surface area contributed by atoms with Crippen molar-refractivity contribution in [2.24, 2.45) is 5.92 Å². The van der Waals surface area contributed by atoms with Crippen LogP contribution < -0.4 is 5.32 Å². The highest BCUT2D eigenvalue weighted by atomic mass is 16.6. The van der Waals surface area contributed by atoms with Crippen molar-refractivity contribution < 1.29 is 14.3 Å². The van der Waals surface area contributed by atoms with E-state index < -0.39 is 5.60 Å². The van der Waals surface area contributed by atoms with Crippen LogP contribution in [0.3, 0.4) is 0 Å². The average Bonchev–Trinajstić information content (AvgIpc) is 3.23. The molecule has 4 rings (SSSR count). The quantitative estimate of drug-likeness (QED) is 0.660. The van der Waals surface area contributed by atoms with E-state index in [0.29, 0.717) is 19.6 Å². The highest BCUT2D eigenvalue weighted by Gasteiger charge is 2.41. The summed E-state index contributed by atoms with van der Waals surface area (Å²) in [6, 6.07) is 17.9. The van der Waals surface area contributed by atoms with E-state index in [-0.39, 0.29) is 23.8 Å². The third kappa shape index (κ3) is 4.90. The molecule has 2 amide bonds. The largest absolute Gasteiger partial charge is 0.444 e. The lowest BCUT2D eigenvalue weighted by atomic mass is 9.88. The SMILES string of the molecule is CC(C)(C)OC(=O)N1C[C@@H](C(=O)NCc2cccc3cnccc23)[C@H](c2ccccc2)C1. The fourth-order valence-electron chi connectivity index (χ4n) is 4.24. The summed E-state index contributed by atoms with van der Waals surface area (Å²) in [6.07, 6.45) is 3.20. The number of carbonyl (C=O) groups excluding carboxylic acids is 2. The van der Waals surface area contributed by atoms with Gasteiger partial charge in [0.05, 0.1) is 5.92 Å². The average molecular weight is 432 g/mol. The third-order valence-corrected chi connectivity index (χ3v) is 5.76. The van der Waals surface area contributed by atoms with Crippen LogP contribution in [-0.2, 0) is 16.1 Å². The summed E-state index contributed by atoms with van der Waals surface area (Å²) in [5.41, 5.74) is 1.51. The molecule has 0 bridgehead atoms. The Morgan fingerprint density at radius 3 is 2.59 bits per heavy atom. The highest BCUT2D eigenvalue weighted by Crippen LogP contribution is 2.34. The number of likely N-dealkylation sites (tertiary alicyclic amines) is 1. The van der Waals surface area contributed by atoms with Gasteiger partial charge in [0.15, 0.2) is 0 Å². The van der Waals surface area contributed by atoms with Crippen LogP contribution in [0.2, 0.25) is 0 Å². The molecule has 1 aliphatic heterocycles. The van der Waals surface area contributed by atoms with Crippen LogP contribution in [-0.4, -0.2) is 40.6 Å². The lowest BCUT2D eigenvalue weighted by Gasteiger charge is -2.24. The number of aromatic nitrogens is 1. The third-order valence-electron chi connectivity index (χ3n) is 5.76. The van der Waals surface area contributed by atoms with E-state index in [1.54, 1.807) is 11.1 Å². The molecule has 2 atom stereocenters. The number of hydrogen-bond acceptors (Lipinski definition) is 4. The Morgan fingerprint density at radius 1 is 1.06 bits per heavy atom. The van der Waals surface area contributed by atoms with Gasteiger partial charge in [0.25, 0.3) is 0 Å². The first-order chi connectivity index (χ1) is 15.3. The van der Waals surface area contributed by atoms with E-state index in [1.807, 2.05) is 81.6 Å². The van der Waals surface area contributed by atoms with Gasteiger partial charge < -0.3 is 15.0 Å². The second-order valence-corrected chi connectivity index (χ2v) is 9.24. The summed E-state index contributed by atoms with van der Waals surface area (Å²) < 4.78 is 5.56. The van der Waals surface area contributed by atoms with Crippen molar-refractivity contribution in [2.75, 3.05) is 13.1 Å². The summed E-state index contributed by atoms with van der Waals surface area (Å²) in [7, 11) is 0. The molecule has 1 aliphatic rings. The van der Waals surface area contributed by atoms with Crippen LogP contribution >= 0.6 is 0 Å². The van der Waals surface area contributed by atoms with E-state index >= 15 is 0 Å². The summed E-state index contributed by atoms with van der Waals surface area (Å²) >= 11 is 0. The first-order valence-electron chi connectivity index (χ1n) is 10.9. The zero-order valence-corrected chi connectivity index (χ0v) is 18.7. The Kier molecular flexibility index (Phi) is 6.12. The minimum atomic E-state index is -0.580. The van der Waals surface area contributed by atoms with Gasteiger partial charge in [0, 0.05) is 43.3 Å². The van der Waals surface area contributed by atoms with Crippen LogP contribution in [0.15, 0.2) is 67.0 Å². The van der Waals surface area contributed by atoms with Gasteiger partial charge in [-0.15, -0.1) is 0 Å². The monoisotopic (exact) mass is 431 g/mol. The summed E-state index contributed by atoms with van der Waals surface area (Å²) in [6.45, 7) is 6.75. The molecule has 32 heavy (non-hydrogen) atoms. The molecule has 2 aromatic carbocycles. The Labute approximate surface area is 188 Å². The number of nitrogens with one attached hydrogen (secondary N) is 1. The van der Waals surface area contributed by atoms with Gasteiger partial charge in [0.2, 0.25) is 5.91 Å². The molecular weight excluding hydrogens is 402 g/mol. The molecule has 6 nitrogen and oxygen atoms in total. The van der Waals surface area contributed by atoms with E-state index in [1.165, 1.54) is 0 Å². The van der Waals surface area contributed by atoms with E-state index in [4.69, 9.17) is 4.74 Å². The van der Waals surface area contributed by atoms with Crippen LogP contribution in [0.5, 0.6) is 0 Å². The molecule has 1 fully saturated rings. The summed E-state index contributed by atoms with van der Waals surface area (Å²) in [5.74, 6) is -0.488. The van der Waals surface area contributed by atoms with Gasteiger partial charge in [-0.25, -0.2) is 4.79 Å². The Hall–Kier alpha value is -3.41. The van der Waals surface area contributed by atoms with Crippen molar-refractivity contribution in [3.63, 3.8) is 0 Å². The lowest BCUT2D eigenvalue weighted by molar-refractivity contribution is -0.125. The molecule has 166 valence electrons. The molecular formula is C26H29N3O3. The summed E-state index contributed by atoms with van der Waals surface area (Å²) in [5, 5.41) is 5.22. The maximum Gasteiger partial charge on any atom is 0.410 e. The highest BCUT2D eigenvalue weighted by molar-refractivity contribution is 5.86. The van der Waals surface area contributed by atoms with Crippen LogP contribution in [0.4, 0.5) is 4.79 Å². The first kappa shape index (κ1) is 21.8. The minimum Gasteiger partial charge on any atom is -0.444 e. The predicted molar refractivity (Wildman–Crippen MR) is 124 cm³/mol. The molecule has 0 radical (unpaired) electrons. The molecule has 2 heterocycles. The van der Waals surface area contributed by atoms with Crippen molar-refractivity contribution in [1.29, 1.82) is 0 Å². The van der Waals surface area contributed by atoms with Crippen molar-refractivity contribution in [3.8, 4) is 0 Å². The smallest absolute Gasteiger partial charge is 0.410 e. The number of ether oxygens (including phenoxy) is 1. The Morgan fingerprint density at radius 2 is 1.84 bits per heavy atom. The summed E-state index contributed by atoms with van der Waals surface area (Å²) in [4.78, 5) is 31.8. The van der Waals surface area contributed by atoms with Crippen molar-refractivity contribution in [3.05, 3.63) is 78.1 Å². The molecule has 1 aromatic heterocycles. The topological polar surface area (TPSA) is 71.5 Å². The van der Waals surface area contributed by atoms with Crippen LogP contribution in [0, 0.1) is 5.92 Å². The number of pyridine rings is 1. The maximum atomic E-state index is 13.3. The van der Waals surface area contributed by atoms with Crippen LogP contribution in [0.1, 0.15) is 37.8 Å². The van der Waals surface area contributed by atoms with E-state index in [9.17, 15) is 9.59 Å². The van der Waals surface area contributed by atoms with E-state index in [0.717, 1.165) is 21.9 Å². The zero-order chi connectivity index (χ0) is 22.7. The molecule has 0 saturated carbocycles. The normalized spacial score (nSPS) is 18.5. The maximum absolute atomic E-state index is 13.3. The number of rotatable bonds is 4. The molecule has 1 N–H and O–H groups in total. The lowest BCUT2D eigenvalue weighted by Crippen LogP contribution is -2.37. The first-order valence-corrected chi connectivity index (χ1v) is 10.9. The zero-order valence-electron chi connectivity index (χ0n) is 18.7. The standard InChI is InChI=1S/C26H29N3O3/c1-26(2,3)32-25(31)29-16-22(18-8-5-4-6-9-18)23(17-29)24(30)28-15-20-11-7-10-19-14-27-13-12-21(19)20/h4-14,22-23H,15-17H2,1-3H3,(H,28,30)/t22-,23+/m0/s1. The number of hydrogen-bond donors (Lipinski definition) is 1. The molecule has 3 aromatic rings. The molecule has 0 aliphatic carbocycles. The van der Waals surface area contributed by atoms with Crippen molar-refractivity contribution in [1.82, 2.24) is 15.2 Å². The Balaban J connectivity index is 1.52. The van der Waals surface area contributed by atoms with Crippen LogP contribution in [0.25, 0.3) is 10.8 Å². The number of amides is 2. The Bertz CT molecular complexity index is 1100. The van der Waals surface area contributed by atoms with Gasteiger partial charge >= 0.3 is 6.09 Å². The molecule has 6 heteroatoms. The predicted octanol–water partition coefficient (Wildman–Crippen LogP) is 4.50. The fourth-order valence-corrected chi connectivity index (χ4v) is 4.24. The minimum absolute atomic E-state index is 0.0593. The van der Waals surface area contributed by atoms with Gasteiger partial charge in [0.1, 0.15) is 5.60 Å². The number of fused-ring (bicyclic) bond motifs is 1. The number of nitrogens with zero attached hydrogens (tertiary/aromatic N) is 2. The number of carbonyl (C=O) groups is 2. The molecule has 1 saturated heterocycles.